The van der Waals surface area contributed by atoms with Crippen molar-refractivity contribution in [2.75, 3.05) is 0 Å². The molecule has 0 amide bonds. The zero-order chi connectivity index (χ0) is 14.7. The van der Waals surface area contributed by atoms with Gasteiger partial charge in [-0.3, -0.25) is 11.3 Å². The Bertz CT molecular complexity index is 608. The van der Waals surface area contributed by atoms with Crippen molar-refractivity contribution in [1.29, 1.82) is 0 Å². The lowest BCUT2D eigenvalue weighted by molar-refractivity contribution is 0.510. The Morgan fingerprint density at radius 3 is 2.40 bits per heavy atom. The van der Waals surface area contributed by atoms with Crippen molar-refractivity contribution in [2.24, 2.45) is 5.84 Å². The van der Waals surface area contributed by atoms with Crippen LogP contribution in [0.5, 0.6) is 0 Å². The van der Waals surface area contributed by atoms with Gasteiger partial charge in [0.05, 0.1) is 6.04 Å². The summed E-state index contributed by atoms with van der Waals surface area (Å²) in [5, 5.41) is 0. The number of aryl methyl sites for hydroxylation is 3. The second-order valence-electron chi connectivity index (χ2n) is 5.37. The molecule has 0 bridgehead atoms. The highest BCUT2D eigenvalue weighted by Gasteiger charge is 2.15. The van der Waals surface area contributed by atoms with Crippen LogP contribution in [-0.2, 0) is 6.42 Å². The van der Waals surface area contributed by atoms with Gasteiger partial charge in [0.2, 0.25) is 0 Å². The zero-order valence-electron chi connectivity index (χ0n) is 12.2. The number of nitrogens with one attached hydrogen (secondary N) is 1. The Labute approximate surface area is 119 Å². The van der Waals surface area contributed by atoms with Crippen LogP contribution in [0.3, 0.4) is 0 Å². The average Bonchev–Trinajstić information content (AvgIpc) is 2.41. The van der Waals surface area contributed by atoms with Crippen molar-refractivity contribution < 1.29 is 4.39 Å². The number of halogens is 1. The van der Waals surface area contributed by atoms with Crippen LogP contribution in [0.15, 0.2) is 36.4 Å². The summed E-state index contributed by atoms with van der Waals surface area (Å²) < 4.78 is 14.0. The van der Waals surface area contributed by atoms with E-state index >= 15 is 0 Å². The molecule has 0 saturated carbocycles. The molecule has 2 nitrogen and oxygen atoms in total. The predicted octanol–water partition coefficient (Wildman–Crippen LogP) is 3.50. The average molecular weight is 272 g/mol. The van der Waals surface area contributed by atoms with Crippen molar-refractivity contribution in [3.63, 3.8) is 0 Å². The number of hydrazine groups is 1. The number of hydrogen-bond acceptors (Lipinski definition) is 2. The van der Waals surface area contributed by atoms with Crippen LogP contribution in [-0.4, -0.2) is 0 Å². The first-order valence-corrected chi connectivity index (χ1v) is 6.79. The molecule has 1 atom stereocenters. The van der Waals surface area contributed by atoms with E-state index in [9.17, 15) is 4.39 Å². The maximum absolute atomic E-state index is 14.0. The highest BCUT2D eigenvalue weighted by atomic mass is 19.1. The Kier molecular flexibility index (Phi) is 4.53. The van der Waals surface area contributed by atoms with Crippen LogP contribution in [0.1, 0.15) is 33.9 Å². The number of benzene rings is 2. The molecule has 0 saturated heterocycles. The van der Waals surface area contributed by atoms with Crippen molar-refractivity contribution in [1.82, 2.24) is 5.43 Å². The predicted molar refractivity (Wildman–Crippen MR) is 80.8 cm³/mol. The molecule has 2 rings (SSSR count). The van der Waals surface area contributed by atoms with Crippen LogP contribution in [0, 0.1) is 26.6 Å². The van der Waals surface area contributed by atoms with Gasteiger partial charge in [0.1, 0.15) is 5.82 Å². The highest BCUT2D eigenvalue weighted by molar-refractivity contribution is 5.32. The Morgan fingerprint density at radius 1 is 1.05 bits per heavy atom. The first kappa shape index (κ1) is 14.7. The molecule has 0 aromatic heterocycles. The molecule has 0 aliphatic carbocycles. The molecular formula is C17H21FN2. The zero-order valence-corrected chi connectivity index (χ0v) is 12.2. The van der Waals surface area contributed by atoms with E-state index in [1.54, 1.807) is 12.1 Å². The maximum Gasteiger partial charge on any atom is 0.128 e. The molecule has 0 aliphatic rings. The minimum Gasteiger partial charge on any atom is -0.271 e. The van der Waals surface area contributed by atoms with Gasteiger partial charge in [-0.2, -0.15) is 0 Å². The van der Waals surface area contributed by atoms with Crippen LogP contribution in [0.25, 0.3) is 0 Å². The lowest BCUT2D eigenvalue weighted by atomic mass is 9.96. The normalized spacial score (nSPS) is 12.4. The molecule has 0 aliphatic heterocycles. The van der Waals surface area contributed by atoms with Gasteiger partial charge in [0, 0.05) is 5.56 Å². The van der Waals surface area contributed by atoms with Crippen LogP contribution < -0.4 is 11.3 Å². The highest BCUT2D eigenvalue weighted by Crippen LogP contribution is 2.22. The summed E-state index contributed by atoms with van der Waals surface area (Å²) in [6.45, 7) is 6.04. The molecule has 0 fully saturated rings. The SMILES string of the molecule is Cc1ccc(C(Cc2ccc(C)c(C)c2)NN)c(F)c1. The smallest absolute Gasteiger partial charge is 0.128 e. The second-order valence-corrected chi connectivity index (χ2v) is 5.37. The van der Waals surface area contributed by atoms with Gasteiger partial charge < -0.3 is 0 Å². The summed E-state index contributed by atoms with van der Waals surface area (Å²) in [6, 6.07) is 11.3. The van der Waals surface area contributed by atoms with E-state index < -0.39 is 0 Å². The van der Waals surface area contributed by atoms with E-state index in [0.29, 0.717) is 12.0 Å². The van der Waals surface area contributed by atoms with Gasteiger partial charge in [-0.25, -0.2) is 4.39 Å². The summed E-state index contributed by atoms with van der Waals surface area (Å²) >= 11 is 0. The largest absolute Gasteiger partial charge is 0.271 e. The van der Waals surface area contributed by atoms with Gasteiger partial charge in [0.15, 0.2) is 0 Å². The molecule has 2 aromatic carbocycles. The Hall–Kier alpha value is -1.71. The summed E-state index contributed by atoms with van der Waals surface area (Å²) in [5.41, 5.74) is 7.88. The van der Waals surface area contributed by atoms with E-state index in [1.165, 1.54) is 11.1 Å². The first-order chi connectivity index (χ1) is 9.51. The van der Waals surface area contributed by atoms with Gasteiger partial charge in [0.25, 0.3) is 0 Å². The van der Waals surface area contributed by atoms with Gasteiger partial charge in [-0.15, -0.1) is 0 Å². The third-order valence-corrected chi connectivity index (χ3v) is 3.74. The molecule has 3 heteroatoms. The van der Waals surface area contributed by atoms with Crippen molar-refractivity contribution >= 4 is 0 Å². The number of rotatable bonds is 4. The summed E-state index contributed by atoms with van der Waals surface area (Å²) in [4.78, 5) is 0. The lowest BCUT2D eigenvalue weighted by Crippen LogP contribution is -2.30. The monoisotopic (exact) mass is 272 g/mol. The fourth-order valence-corrected chi connectivity index (χ4v) is 2.34. The van der Waals surface area contributed by atoms with E-state index in [-0.39, 0.29) is 11.9 Å². The van der Waals surface area contributed by atoms with E-state index in [1.807, 2.05) is 13.0 Å². The minimum absolute atomic E-state index is 0.211. The van der Waals surface area contributed by atoms with Gasteiger partial charge in [-0.05, 0) is 55.5 Å². The molecule has 3 N–H and O–H groups in total. The van der Waals surface area contributed by atoms with Crippen molar-refractivity contribution in [3.05, 3.63) is 70.0 Å². The summed E-state index contributed by atoms with van der Waals surface area (Å²) in [6.07, 6.45) is 0.664. The third kappa shape index (κ3) is 3.24. The fourth-order valence-electron chi connectivity index (χ4n) is 2.34. The standard InChI is InChI=1S/C17H21FN2/c1-11-4-7-15(16(18)8-11)17(20-19)10-14-6-5-12(2)13(3)9-14/h4-9,17,20H,10,19H2,1-3H3. The molecule has 0 heterocycles. The maximum atomic E-state index is 14.0. The quantitative estimate of drug-likeness (QED) is 0.660. The molecule has 20 heavy (non-hydrogen) atoms. The lowest BCUT2D eigenvalue weighted by Gasteiger charge is -2.18. The minimum atomic E-state index is -0.224. The van der Waals surface area contributed by atoms with Gasteiger partial charge in [-0.1, -0.05) is 30.3 Å². The van der Waals surface area contributed by atoms with Crippen LogP contribution >= 0.6 is 0 Å². The van der Waals surface area contributed by atoms with E-state index in [4.69, 9.17) is 5.84 Å². The first-order valence-electron chi connectivity index (χ1n) is 6.79. The number of hydrogen-bond donors (Lipinski definition) is 2. The third-order valence-electron chi connectivity index (χ3n) is 3.74. The molecule has 1 unspecified atom stereocenters. The van der Waals surface area contributed by atoms with E-state index in [0.717, 1.165) is 11.1 Å². The summed E-state index contributed by atoms with van der Waals surface area (Å²) in [5.74, 6) is 5.40. The Balaban J connectivity index is 2.26. The molecule has 0 radical (unpaired) electrons. The van der Waals surface area contributed by atoms with Crippen molar-refractivity contribution in [3.8, 4) is 0 Å². The molecular weight excluding hydrogens is 251 g/mol. The molecule has 2 aromatic rings. The number of nitrogens with two attached hydrogens (primary N) is 1. The van der Waals surface area contributed by atoms with Crippen LogP contribution in [0.2, 0.25) is 0 Å². The van der Waals surface area contributed by atoms with Crippen LogP contribution in [0.4, 0.5) is 4.39 Å². The fraction of sp³-hybridized carbons (Fsp3) is 0.294. The van der Waals surface area contributed by atoms with E-state index in [2.05, 4.69) is 37.5 Å². The topological polar surface area (TPSA) is 38.0 Å². The molecule has 0 spiro atoms. The van der Waals surface area contributed by atoms with Gasteiger partial charge >= 0.3 is 0 Å². The Morgan fingerprint density at radius 2 is 1.80 bits per heavy atom. The summed E-state index contributed by atoms with van der Waals surface area (Å²) in [7, 11) is 0. The van der Waals surface area contributed by atoms with Crippen molar-refractivity contribution in [2.45, 2.75) is 33.2 Å². The molecule has 106 valence electrons. The second kappa shape index (κ2) is 6.16.